The van der Waals surface area contributed by atoms with Gasteiger partial charge in [-0.3, -0.25) is 9.67 Å². The fourth-order valence-electron chi connectivity index (χ4n) is 3.47. The Balaban J connectivity index is 1.57. The molecule has 0 saturated carbocycles. The van der Waals surface area contributed by atoms with E-state index < -0.39 is 55.2 Å². The van der Waals surface area contributed by atoms with Crippen LogP contribution >= 0.6 is 11.6 Å². The number of halogens is 2. The van der Waals surface area contributed by atoms with Crippen LogP contribution in [0.2, 0.25) is 5.28 Å². The van der Waals surface area contributed by atoms with E-state index in [4.69, 9.17) is 26.8 Å². The van der Waals surface area contributed by atoms with Gasteiger partial charge < -0.3 is 30.5 Å². The van der Waals surface area contributed by atoms with Crippen molar-refractivity contribution in [3.8, 4) is 0 Å². The van der Waals surface area contributed by atoms with Crippen molar-refractivity contribution in [3.05, 3.63) is 29.6 Å². The first-order valence-electron chi connectivity index (χ1n) is 9.35. The number of aromatic nitrogens is 6. The Morgan fingerprint density at radius 3 is 2.73 bits per heavy atom. The number of rotatable bonds is 8. The Labute approximate surface area is 188 Å². The van der Waals surface area contributed by atoms with Gasteiger partial charge in [0.1, 0.15) is 17.7 Å². The zero-order valence-corrected chi connectivity index (χ0v) is 17.3. The van der Waals surface area contributed by atoms with Crippen LogP contribution in [0.25, 0.3) is 11.2 Å². The maximum atomic E-state index is 14.9. The summed E-state index contributed by atoms with van der Waals surface area (Å²) in [6, 6.07) is 0. The highest BCUT2D eigenvalue weighted by atomic mass is 35.5. The number of aliphatic hydroxyl groups is 1. The third-order valence-corrected chi connectivity index (χ3v) is 5.35. The summed E-state index contributed by atoms with van der Waals surface area (Å²) < 4.78 is 26.8. The number of ether oxygens (including phenoxy) is 2. The highest BCUT2D eigenvalue weighted by molar-refractivity contribution is 6.28. The number of anilines is 1. The molecule has 4 rings (SSSR count). The number of imidazole rings is 1. The van der Waals surface area contributed by atoms with Crippen molar-refractivity contribution in [2.75, 3.05) is 12.3 Å². The number of nitrogens with one attached hydrogen (secondary N) is 1. The van der Waals surface area contributed by atoms with E-state index in [2.05, 4.69) is 25.1 Å². The van der Waals surface area contributed by atoms with Crippen LogP contribution in [0.4, 0.5) is 10.2 Å². The first-order valence-corrected chi connectivity index (χ1v) is 9.73. The second-order valence-electron chi connectivity index (χ2n) is 7.23. The zero-order chi connectivity index (χ0) is 23.9. The lowest BCUT2D eigenvalue weighted by atomic mass is 9.96. The van der Waals surface area contributed by atoms with Crippen LogP contribution in [0.5, 0.6) is 0 Å². The monoisotopic (exact) mass is 485 g/mol. The average molecular weight is 486 g/mol. The van der Waals surface area contributed by atoms with Gasteiger partial charge in [0, 0.05) is 12.6 Å². The van der Waals surface area contributed by atoms with Gasteiger partial charge in [-0.25, -0.2) is 19.0 Å². The average Bonchev–Trinajstić information content (AvgIpc) is 3.46. The fraction of sp³-hybridized carbons (Fsp3) is 0.412. The molecule has 1 fully saturated rings. The highest BCUT2D eigenvalue weighted by Crippen LogP contribution is 2.35. The van der Waals surface area contributed by atoms with Gasteiger partial charge >= 0.3 is 11.9 Å². The highest BCUT2D eigenvalue weighted by Gasteiger charge is 2.52. The Morgan fingerprint density at radius 1 is 1.36 bits per heavy atom. The minimum atomic E-state index is -2.73. The van der Waals surface area contributed by atoms with Crippen molar-refractivity contribution in [1.29, 1.82) is 0 Å². The van der Waals surface area contributed by atoms with Crippen LogP contribution in [0.3, 0.4) is 0 Å². The fourth-order valence-corrected chi connectivity index (χ4v) is 3.64. The summed E-state index contributed by atoms with van der Waals surface area (Å²) in [5, 5.41) is 35.4. The van der Waals surface area contributed by atoms with Crippen molar-refractivity contribution in [3.63, 3.8) is 0 Å². The summed E-state index contributed by atoms with van der Waals surface area (Å²) in [7, 11) is 0. The predicted molar refractivity (Wildman–Crippen MR) is 106 cm³/mol. The van der Waals surface area contributed by atoms with Gasteiger partial charge in [0.05, 0.1) is 19.1 Å². The Bertz CT molecular complexity index is 1180. The molecule has 0 unspecified atom stereocenters. The molecule has 0 spiro atoms. The zero-order valence-electron chi connectivity index (χ0n) is 16.5. The molecular formula is C17H17ClFN7O7. The van der Waals surface area contributed by atoms with E-state index in [1.54, 1.807) is 0 Å². The summed E-state index contributed by atoms with van der Waals surface area (Å²) in [5.41, 5.74) is 3.41. The van der Waals surface area contributed by atoms with Gasteiger partial charge in [0.15, 0.2) is 23.9 Å². The molecule has 6 N–H and O–H groups in total. The van der Waals surface area contributed by atoms with E-state index in [0.717, 1.165) is 10.9 Å². The quantitative estimate of drug-likeness (QED) is 0.203. The lowest BCUT2D eigenvalue weighted by Gasteiger charge is -2.27. The molecule has 14 nitrogen and oxygen atoms in total. The summed E-state index contributed by atoms with van der Waals surface area (Å²) in [6.07, 6.45) is -3.55. The number of alkyl halides is 1. The Kier molecular flexibility index (Phi) is 5.87. The molecular weight excluding hydrogens is 469 g/mol. The number of carboxylic acids is 2. The number of aliphatic carboxylic acids is 2. The van der Waals surface area contributed by atoms with Crippen molar-refractivity contribution >= 4 is 40.5 Å². The molecule has 176 valence electrons. The summed E-state index contributed by atoms with van der Waals surface area (Å²) >= 11 is 5.81. The molecule has 1 aliphatic rings. The molecule has 1 saturated heterocycles. The van der Waals surface area contributed by atoms with Crippen LogP contribution in [0.15, 0.2) is 18.7 Å². The molecule has 4 atom stereocenters. The number of carbonyl (C=O) groups is 2. The lowest BCUT2D eigenvalue weighted by molar-refractivity contribution is -0.189. The third kappa shape index (κ3) is 3.95. The number of nitrogens with two attached hydrogens (primary N) is 1. The van der Waals surface area contributed by atoms with E-state index in [9.17, 15) is 29.3 Å². The van der Waals surface area contributed by atoms with Crippen LogP contribution in [0.1, 0.15) is 11.8 Å². The number of aromatic amines is 1. The number of H-pyrrole nitrogens is 1. The largest absolute Gasteiger partial charge is 0.479 e. The molecule has 1 aliphatic heterocycles. The first-order chi connectivity index (χ1) is 15.6. The van der Waals surface area contributed by atoms with E-state index in [1.807, 2.05) is 0 Å². The minimum Gasteiger partial charge on any atom is -0.479 e. The molecule has 0 bridgehead atoms. The van der Waals surface area contributed by atoms with Crippen molar-refractivity contribution in [2.24, 2.45) is 0 Å². The molecule has 16 heteroatoms. The summed E-state index contributed by atoms with van der Waals surface area (Å²) in [6.45, 7) is -0.751. The van der Waals surface area contributed by atoms with Crippen LogP contribution < -0.4 is 5.73 Å². The first kappa shape index (κ1) is 22.8. The summed E-state index contributed by atoms with van der Waals surface area (Å²) in [4.78, 5) is 35.4. The molecule has 3 aromatic rings. The number of nitrogens with zero attached hydrogens (tertiary/aromatic N) is 5. The van der Waals surface area contributed by atoms with Gasteiger partial charge in [0.2, 0.25) is 5.28 Å². The number of hydrogen-bond acceptors (Lipinski definition) is 10. The topological polar surface area (TPSA) is 212 Å². The van der Waals surface area contributed by atoms with E-state index >= 15 is 0 Å². The van der Waals surface area contributed by atoms with Gasteiger partial charge in [-0.1, -0.05) is 0 Å². The van der Waals surface area contributed by atoms with Gasteiger partial charge in [-0.15, -0.1) is 0 Å². The van der Waals surface area contributed by atoms with Gasteiger partial charge in [-0.05, 0) is 17.2 Å². The maximum Gasteiger partial charge on any atom is 0.348 e. The van der Waals surface area contributed by atoms with E-state index in [0.29, 0.717) is 0 Å². The third-order valence-electron chi connectivity index (χ3n) is 5.18. The smallest absolute Gasteiger partial charge is 0.348 e. The van der Waals surface area contributed by atoms with Gasteiger partial charge in [0.25, 0.3) is 5.60 Å². The SMILES string of the molecule is Nc1nc(Cl)nc2c1ncn2[C@@H]1O[C@H](COC(Cc2cn[nH]c2)(C(=O)O)C(=O)O)[C@@H](O)[C@@H]1F. The molecule has 0 radical (unpaired) electrons. The molecule has 4 heterocycles. The van der Waals surface area contributed by atoms with Crippen LogP contribution in [-0.4, -0.2) is 87.6 Å². The van der Waals surface area contributed by atoms with E-state index in [-0.39, 0.29) is 27.8 Å². The molecule has 0 aromatic carbocycles. The molecule has 3 aromatic heterocycles. The number of aliphatic hydroxyl groups excluding tert-OH is 1. The minimum absolute atomic E-state index is 0.0410. The van der Waals surface area contributed by atoms with Crippen molar-refractivity contribution in [1.82, 2.24) is 29.7 Å². The van der Waals surface area contributed by atoms with Crippen LogP contribution in [-0.2, 0) is 25.5 Å². The molecule has 0 amide bonds. The standard InChI is InChI=1S/C17H17ClFN7O7/c18-16-24-11(20)9-12(25-16)26(5-21-9)13-8(19)10(27)7(33-13)4-32-17(14(28)29,15(30)31)1-6-2-22-23-3-6/h2-3,5,7-8,10,13,27H,1,4H2,(H,22,23)(H,28,29)(H,30,31)(H2,20,24,25)/t7-,8+,10-,13-/m1/s1. The second kappa shape index (κ2) is 8.51. The Hall–Kier alpha value is -3.40. The van der Waals surface area contributed by atoms with Crippen molar-refractivity contribution in [2.45, 2.75) is 36.6 Å². The number of fused-ring (bicyclic) bond motifs is 1. The molecule has 0 aliphatic carbocycles. The predicted octanol–water partition coefficient (Wildman–Crippen LogP) is -0.451. The number of carboxylic acid groups (broad SMARTS) is 2. The maximum absolute atomic E-state index is 14.9. The normalized spacial score (nSPS) is 23.2. The van der Waals surface area contributed by atoms with Gasteiger partial charge in [-0.2, -0.15) is 15.1 Å². The second-order valence-corrected chi connectivity index (χ2v) is 7.57. The van der Waals surface area contributed by atoms with Crippen molar-refractivity contribution < 1.29 is 38.8 Å². The lowest BCUT2D eigenvalue weighted by Crippen LogP contribution is -2.52. The number of nitrogen functional groups attached to an aromatic ring is 1. The molecule has 33 heavy (non-hydrogen) atoms. The summed E-state index contributed by atoms with van der Waals surface area (Å²) in [5.74, 6) is -3.64. The van der Waals surface area contributed by atoms with Crippen LogP contribution in [0, 0.1) is 0 Å². The number of hydrogen-bond donors (Lipinski definition) is 5. The van der Waals surface area contributed by atoms with E-state index in [1.165, 1.54) is 12.4 Å². The Morgan fingerprint density at radius 2 is 2.09 bits per heavy atom.